The van der Waals surface area contributed by atoms with Gasteiger partial charge in [-0.2, -0.15) is 58.3 Å². The van der Waals surface area contributed by atoms with E-state index in [0.717, 1.165) is 66.6 Å². The van der Waals surface area contributed by atoms with Crippen molar-refractivity contribution in [3.63, 3.8) is 0 Å². The number of hydrogen-bond donors (Lipinski definition) is 0. The van der Waals surface area contributed by atoms with E-state index in [0.29, 0.717) is 5.95 Å². The molecular weight excluding hydrogens is 991 g/mol. The first-order valence-electron chi connectivity index (χ1n) is 16.3. The molecular formula is C43H32N6Pt2. The Morgan fingerprint density at radius 2 is 0.922 bits per heavy atom. The van der Waals surface area contributed by atoms with Gasteiger partial charge < -0.3 is 14.5 Å². The zero-order valence-electron chi connectivity index (χ0n) is 28.4. The van der Waals surface area contributed by atoms with Gasteiger partial charge in [-0.15, -0.1) is 70.8 Å². The summed E-state index contributed by atoms with van der Waals surface area (Å²) in [7, 11) is 0. The second-order valence-corrected chi connectivity index (χ2v) is 13.2. The molecule has 0 bridgehead atoms. The van der Waals surface area contributed by atoms with Gasteiger partial charge in [0.15, 0.2) is 0 Å². The molecule has 0 radical (unpaired) electrons. The molecule has 0 fully saturated rings. The fraction of sp³-hybridized carbons (Fsp3) is 0.140. The number of nitrogens with zero attached hydrogens (tertiary/aromatic N) is 6. The van der Waals surface area contributed by atoms with Crippen molar-refractivity contribution in [3.05, 3.63) is 169 Å². The molecule has 0 saturated heterocycles. The predicted molar refractivity (Wildman–Crippen MR) is 193 cm³/mol. The summed E-state index contributed by atoms with van der Waals surface area (Å²) in [6, 6.07) is 47.9. The first-order chi connectivity index (χ1) is 23.8. The van der Waals surface area contributed by atoms with E-state index in [2.05, 4.69) is 138 Å². The Bertz CT molecular complexity index is 2290. The van der Waals surface area contributed by atoms with Crippen molar-refractivity contribution in [2.75, 3.05) is 0 Å². The van der Waals surface area contributed by atoms with Crippen LogP contribution in [0.5, 0.6) is 0 Å². The van der Waals surface area contributed by atoms with Crippen LogP contribution in [0.2, 0.25) is 0 Å². The molecule has 0 aliphatic heterocycles. The van der Waals surface area contributed by atoms with E-state index in [1.54, 1.807) is 0 Å². The first-order valence-corrected chi connectivity index (χ1v) is 16.3. The Kier molecular flexibility index (Phi) is 10.3. The van der Waals surface area contributed by atoms with Crippen LogP contribution in [0.3, 0.4) is 0 Å². The summed E-state index contributed by atoms with van der Waals surface area (Å²) in [5.74, 6) is 0.514. The molecule has 8 aromatic rings. The van der Waals surface area contributed by atoms with E-state index in [4.69, 9.17) is 0 Å². The maximum atomic E-state index is 4.59. The second-order valence-electron chi connectivity index (χ2n) is 13.2. The quantitative estimate of drug-likeness (QED) is 0.149. The molecule has 4 aromatic heterocycles. The van der Waals surface area contributed by atoms with Crippen molar-refractivity contribution in [3.8, 4) is 28.5 Å². The van der Waals surface area contributed by atoms with Crippen LogP contribution in [0.25, 0.3) is 50.3 Å². The average Bonchev–Trinajstić information content (AvgIpc) is 3.49. The summed E-state index contributed by atoms with van der Waals surface area (Å²) < 4.78 is 2.05. The third-order valence-electron chi connectivity index (χ3n) is 9.43. The van der Waals surface area contributed by atoms with Gasteiger partial charge in [0.1, 0.15) is 12.7 Å². The van der Waals surface area contributed by atoms with Gasteiger partial charge >= 0.3 is 42.1 Å². The molecule has 4 heterocycles. The van der Waals surface area contributed by atoms with Crippen molar-refractivity contribution in [2.45, 2.75) is 38.5 Å². The molecule has 0 aliphatic carbocycles. The van der Waals surface area contributed by atoms with Crippen LogP contribution in [0.1, 0.15) is 49.9 Å². The van der Waals surface area contributed by atoms with Gasteiger partial charge in [-0.3, -0.25) is 0 Å². The molecule has 0 saturated carbocycles. The van der Waals surface area contributed by atoms with Gasteiger partial charge in [0, 0.05) is 12.4 Å². The number of rotatable bonds is 7. The summed E-state index contributed by atoms with van der Waals surface area (Å²) in [5, 5.41) is 2.09. The van der Waals surface area contributed by atoms with Gasteiger partial charge in [0.2, 0.25) is 5.95 Å². The molecule has 4 aromatic carbocycles. The third-order valence-corrected chi connectivity index (χ3v) is 9.43. The summed E-state index contributed by atoms with van der Waals surface area (Å²) in [5.41, 5.74) is 8.78. The molecule has 0 unspecified atom stereocenters. The number of pyridine rings is 2. The minimum Gasteiger partial charge on any atom is -0.328 e. The summed E-state index contributed by atoms with van der Waals surface area (Å²) in [6.45, 7) is 8.82. The van der Waals surface area contributed by atoms with E-state index in [1.807, 2.05) is 53.4 Å². The molecule has 8 heteroatoms. The Labute approximate surface area is 327 Å². The van der Waals surface area contributed by atoms with Crippen LogP contribution in [-0.4, -0.2) is 29.5 Å². The molecule has 254 valence electrons. The molecule has 0 atom stereocenters. The largest absolute Gasteiger partial charge is 2.00 e. The number of aromatic nitrogens is 6. The molecule has 8 rings (SSSR count). The van der Waals surface area contributed by atoms with Crippen LogP contribution >= 0.6 is 0 Å². The average molecular weight is 1020 g/mol. The summed E-state index contributed by atoms with van der Waals surface area (Å²) in [4.78, 5) is 22.4. The Balaban J connectivity index is 0.00000224. The number of hydrogen-bond acceptors (Lipinski definition) is 5. The maximum absolute atomic E-state index is 4.59. The Morgan fingerprint density at radius 1 is 0.471 bits per heavy atom. The number of benzene rings is 4. The van der Waals surface area contributed by atoms with E-state index < -0.39 is 10.8 Å². The van der Waals surface area contributed by atoms with Crippen molar-refractivity contribution in [1.29, 1.82) is 0 Å². The molecule has 0 spiro atoms. The third kappa shape index (κ3) is 6.64. The van der Waals surface area contributed by atoms with E-state index in [9.17, 15) is 0 Å². The van der Waals surface area contributed by atoms with Gasteiger partial charge in [0.25, 0.3) is 0 Å². The van der Waals surface area contributed by atoms with E-state index in [-0.39, 0.29) is 42.1 Å². The zero-order chi connectivity index (χ0) is 33.6. The normalized spacial score (nSPS) is 11.6. The minimum atomic E-state index is -0.412. The summed E-state index contributed by atoms with van der Waals surface area (Å²) >= 11 is 0. The molecule has 0 N–H and O–H groups in total. The van der Waals surface area contributed by atoms with Gasteiger partial charge in [-0.1, -0.05) is 63.0 Å². The van der Waals surface area contributed by atoms with Gasteiger partial charge in [-0.05, 0) is 34.4 Å². The topological polar surface area (TPSA) is 69.4 Å². The van der Waals surface area contributed by atoms with E-state index in [1.165, 1.54) is 12.7 Å². The van der Waals surface area contributed by atoms with Crippen LogP contribution in [0, 0.1) is 24.3 Å². The maximum Gasteiger partial charge on any atom is 2.00 e. The van der Waals surface area contributed by atoms with Crippen LogP contribution in [-0.2, 0) is 53.0 Å². The molecule has 0 amide bonds. The van der Waals surface area contributed by atoms with Crippen LogP contribution in [0.4, 0.5) is 0 Å². The molecule has 51 heavy (non-hydrogen) atoms. The fourth-order valence-corrected chi connectivity index (χ4v) is 6.44. The van der Waals surface area contributed by atoms with Crippen molar-refractivity contribution < 1.29 is 42.1 Å². The monoisotopic (exact) mass is 1020 g/mol. The Hall–Kier alpha value is -4.63. The van der Waals surface area contributed by atoms with E-state index >= 15 is 0 Å². The second kappa shape index (κ2) is 14.5. The SMILES string of the molecule is CC(C)(c1[c-]c(-c2ccccn2)ccc1)c1[c-]c2c(cc1)c1ccc(C(C)(C)c3[c-]c(-c4ccccn4)ccc3)[c-]c1n2-c1ncncn1.[Pt+2].[Pt+2]. The molecule has 6 nitrogen and oxygen atoms in total. The Morgan fingerprint density at radius 3 is 1.35 bits per heavy atom. The van der Waals surface area contributed by atoms with Crippen LogP contribution < -0.4 is 0 Å². The van der Waals surface area contributed by atoms with Crippen molar-refractivity contribution in [2.24, 2.45) is 0 Å². The van der Waals surface area contributed by atoms with Gasteiger partial charge in [-0.25, -0.2) is 15.0 Å². The van der Waals surface area contributed by atoms with Crippen LogP contribution in [0.15, 0.2) is 122 Å². The van der Waals surface area contributed by atoms with Gasteiger partial charge in [0.05, 0.1) is 0 Å². The zero-order valence-corrected chi connectivity index (χ0v) is 32.9. The standard InChI is InChI=1S/C43H32N6.2Pt/c1-42(2,31-13-9-11-29(23-31)37-15-5-7-21-45-37)33-17-19-35-36-20-18-34(26-40(36)49(39(35)25-33)41-47-27-44-28-48-41)43(3,4)32-14-10-12-30(24-32)38-16-6-8-22-46-38;;/h5-22,27-28H,1-4H3;;/q-4;2*+2. The fourth-order valence-electron chi connectivity index (χ4n) is 6.44. The predicted octanol–water partition coefficient (Wildman–Crippen LogP) is 8.94. The number of fused-ring (bicyclic) bond motifs is 3. The first kappa shape index (κ1) is 36.2. The van der Waals surface area contributed by atoms with Crippen molar-refractivity contribution in [1.82, 2.24) is 29.5 Å². The van der Waals surface area contributed by atoms with Crippen molar-refractivity contribution >= 4 is 21.8 Å². The smallest absolute Gasteiger partial charge is 0.328 e. The minimum absolute atomic E-state index is 0. The molecule has 0 aliphatic rings. The summed E-state index contributed by atoms with van der Waals surface area (Å²) in [6.07, 6.45) is 6.67.